The Morgan fingerprint density at radius 2 is 1.75 bits per heavy atom. The Bertz CT molecular complexity index is 1160. The lowest BCUT2D eigenvalue weighted by molar-refractivity contribution is 0.0601. The highest BCUT2D eigenvalue weighted by molar-refractivity contribution is 5.98. The van der Waals surface area contributed by atoms with E-state index in [1.165, 1.54) is 0 Å². The van der Waals surface area contributed by atoms with Gasteiger partial charge in [-0.3, -0.25) is 9.78 Å². The van der Waals surface area contributed by atoms with Crippen molar-refractivity contribution in [3.63, 3.8) is 0 Å². The molecule has 0 radical (unpaired) electrons. The van der Waals surface area contributed by atoms with Crippen LogP contribution in [0.5, 0.6) is 0 Å². The minimum atomic E-state index is 0.0537. The Morgan fingerprint density at radius 1 is 0.969 bits per heavy atom. The molecule has 5 heteroatoms. The number of fused-ring (bicyclic) bond motifs is 1. The summed E-state index contributed by atoms with van der Waals surface area (Å²) in [6.45, 7) is 0.585. The first-order valence-corrected chi connectivity index (χ1v) is 11.3. The number of amides is 1. The summed E-state index contributed by atoms with van der Waals surface area (Å²) >= 11 is 0. The van der Waals surface area contributed by atoms with Gasteiger partial charge < -0.3 is 15.6 Å². The van der Waals surface area contributed by atoms with Gasteiger partial charge in [-0.05, 0) is 60.6 Å². The van der Waals surface area contributed by atoms with Crippen LogP contribution in [-0.2, 0) is 6.54 Å². The van der Waals surface area contributed by atoms with Gasteiger partial charge in [-0.2, -0.15) is 0 Å². The molecule has 0 spiro atoms. The molecule has 0 atom stereocenters. The SMILES string of the molecule is NC1CCC(N(Cc2ccc(-c3cccnc3)cc2)C(=O)c2cc3ccccc3[nH]2)CC1. The molecule has 32 heavy (non-hydrogen) atoms. The second-order valence-electron chi connectivity index (χ2n) is 8.71. The number of aromatic amines is 1. The Balaban J connectivity index is 1.41. The molecule has 1 fully saturated rings. The van der Waals surface area contributed by atoms with Gasteiger partial charge in [0.15, 0.2) is 0 Å². The van der Waals surface area contributed by atoms with Crippen LogP contribution < -0.4 is 5.73 Å². The number of H-pyrrole nitrogens is 1. The molecule has 2 heterocycles. The Kier molecular flexibility index (Phi) is 5.73. The van der Waals surface area contributed by atoms with Gasteiger partial charge in [0.1, 0.15) is 5.69 Å². The Labute approximate surface area is 188 Å². The number of nitrogens with zero attached hydrogens (tertiary/aromatic N) is 2. The van der Waals surface area contributed by atoms with Crippen molar-refractivity contribution in [1.82, 2.24) is 14.9 Å². The van der Waals surface area contributed by atoms with Gasteiger partial charge in [-0.25, -0.2) is 0 Å². The van der Waals surface area contributed by atoms with Crippen molar-refractivity contribution in [3.8, 4) is 11.1 Å². The smallest absolute Gasteiger partial charge is 0.270 e. The molecule has 162 valence electrons. The van der Waals surface area contributed by atoms with E-state index < -0.39 is 0 Å². The molecule has 5 rings (SSSR count). The van der Waals surface area contributed by atoms with Crippen LogP contribution in [-0.4, -0.2) is 32.9 Å². The van der Waals surface area contributed by atoms with Crippen LogP contribution in [0.1, 0.15) is 41.7 Å². The van der Waals surface area contributed by atoms with Crippen molar-refractivity contribution in [2.75, 3.05) is 0 Å². The molecule has 0 bridgehead atoms. The molecule has 1 aliphatic rings. The predicted octanol–water partition coefficient (Wildman–Crippen LogP) is 5.14. The van der Waals surface area contributed by atoms with E-state index in [0.29, 0.717) is 12.2 Å². The standard InChI is InChI=1S/C27H28N4O/c28-23-11-13-24(14-12-23)31(27(32)26-16-21-4-1-2-6-25(21)30-26)18-19-7-9-20(10-8-19)22-5-3-15-29-17-22/h1-10,15-17,23-24,30H,11-14,18,28H2. The number of benzene rings is 2. The van der Waals surface area contributed by atoms with Crippen molar-refractivity contribution in [2.24, 2.45) is 5.73 Å². The summed E-state index contributed by atoms with van der Waals surface area (Å²) in [5.74, 6) is 0.0537. The highest BCUT2D eigenvalue weighted by Gasteiger charge is 2.29. The molecule has 1 amide bonds. The van der Waals surface area contributed by atoms with Gasteiger partial charge in [0.25, 0.3) is 5.91 Å². The molecular weight excluding hydrogens is 396 g/mol. The lowest BCUT2D eigenvalue weighted by Gasteiger charge is -2.36. The summed E-state index contributed by atoms with van der Waals surface area (Å²) in [7, 11) is 0. The van der Waals surface area contributed by atoms with Crippen molar-refractivity contribution in [2.45, 2.75) is 44.3 Å². The first-order valence-electron chi connectivity index (χ1n) is 11.3. The summed E-state index contributed by atoms with van der Waals surface area (Å²) in [6, 6.07) is 22.9. The summed E-state index contributed by atoms with van der Waals surface area (Å²) in [5, 5.41) is 1.06. The fourth-order valence-electron chi connectivity index (χ4n) is 4.66. The van der Waals surface area contributed by atoms with E-state index in [2.05, 4.69) is 40.3 Å². The zero-order valence-corrected chi connectivity index (χ0v) is 18.1. The van der Waals surface area contributed by atoms with E-state index >= 15 is 0 Å². The maximum absolute atomic E-state index is 13.6. The van der Waals surface area contributed by atoms with Crippen molar-refractivity contribution in [1.29, 1.82) is 0 Å². The van der Waals surface area contributed by atoms with E-state index in [1.54, 1.807) is 6.20 Å². The Hall–Kier alpha value is -3.44. The molecule has 4 aromatic rings. The summed E-state index contributed by atoms with van der Waals surface area (Å²) in [6.07, 6.45) is 7.46. The van der Waals surface area contributed by atoms with Gasteiger partial charge >= 0.3 is 0 Å². The molecule has 0 aliphatic heterocycles. The molecule has 2 aromatic heterocycles. The van der Waals surface area contributed by atoms with Gasteiger partial charge in [0, 0.05) is 41.9 Å². The number of hydrogen-bond acceptors (Lipinski definition) is 3. The summed E-state index contributed by atoms with van der Waals surface area (Å²) < 4.78 is 0. The monoisotopic (exact) mass is 424 g/mol. The number of carbonyl (C=O) groups excluding carboxylic acids is 1. The highest BCUT2D eigenvalue weighted by atomic mass is 16.2. The average molecular weight is 425 g/mol. The van der Waals surface area contributed by atoms with E-state index in [9.17, 15) is 4.79 Å². The normalized spacial score (nSPS) is 18.5. The molecule has 1 saturated carbocycles. The number of pyridine rings is 1. The van der Waals surface area contributed by atoms with E-state index in [0.717, 1.165) is 53.3 Å². The van der Waals surface area contributed by atoms with Gasteiger partial charge in [0.05, 0.1) is 0 Å². The molecule has 3 N–H and O–H groups in total. The van der Waals surface area contributed by atoms with Crippen LogP contribution in [0.25, 0.3) is 22.0 Å². The predicted molar refractivity (Wildman–Crippen MR) is 128 cm³/mol. The summed E-state index contributed by atoms with van der Waals surface area (Å²) in [5.41, 5.74) is 11.1. The van der Waals surface area contributed by atoms with Crippen LogP contribution in [0, 0.1) is 0 Å². The second kappa shape index (κ2) is 8.97. The van der Waals surface area contributed by atoms with Crippen LogP contribution >= 0.6 is 0 Å². The van der Waals surface area contributed by atoms with Gasteiger partial charge in [-0.15, -0.1) is 0 Å². The van der Waals surface area contributed by atoms with Crippen molar-refractivity contribution in [3.05, 3.63) is 90.4 Å². The zero-order valence-electron chi connectivity index (χ0n) is 18.1. The fourth-order valence-corrected chi connectivity index (χ4v) is 4.66. The largest absolute Gasteiger partial charge is 0.351 e. The third kappa shape index (κ3) is 4.30. The number of hydrogen-bond donors (Lipinski definition) is 2. The quantitative estimate of drug-likeness (QED) is 0.466. The Morgan fingerprint density at radius 3 is 2.47 bits per heavy atom. The van der Waals surface area contributed by atoms with Crippen LogP contribution in [0.3, 0.4) is 0 Å². The zero-order chi connectivity index (χ0) is 21.9. The maximum Gasteiger partial charge on any atom is 0.270 e. The topological polar surface area (TPSA) is 75.0 Å². The van der Waals surface area contributed by atoms with Gasteiger partial charge in [0.2, 0.25) is 0 Å². The third-order valence-corrected chi connectivity index (χ3v) is 6.51. The number of aromatic nitrogens is 2. The number of rotatable bonds is 5. The average Bonchev–Trinajstić information content (AvgIpc) is 3.28. The number of nitrogens with one attached hydrogen (secondary N) is 1. The lowest BCUT2D eigenvalue weighted by atomic mass is 9.90. The minimum absolute atomic E-state index is 0.0537. The number of para-hydroxylation sites is 1. The highest BCUT2D eigenvalue weighted by Crippen LogP contribution is 2.27. The molecule has 1 aliphatic carbocycles. The van der Waals surface area contributed by atoms with Crippen molar-refractivity contribution >= 4 is 16.8 Å². The summed E-state index contributed by atoms with van der Waals surface area (Å²) in [4.78, 5) is 23.2. The molecular formula is C27H28N4O. The van der Waals surface area contributed by atoms with Gasteiger partial charge in [-0.1, -0.05) is 48.5 Å². The number of carbonyl (C=O) groups is 1. The first-order chi connectivity index (χ1) is 15.7. The van der Waals surface area contributed by atoms with E-state index in [-0.39, 0.29) is 18.0 Å². The van der Waals surface area contributed by atoms with Crippen LogP contribution in [0.2, 0.25) is 0 Å². The molecule has 2 aromatic carbocycles. The second-order valence-corrected chi connectivity index (χ2v) is 8.71. The molecule has 5 nitrogen and oxygen atoms in total. The van der Waals surface area contributed by atoms with E-state index in [1.807, 2.05) is 47.5 Å². The van der Waals surface area contributed by atoms with E-state index in [4.69, 9.17) is 5.73 Å². The molecule has 0 saturated heterocycles. The molecule has 0 unspecified atom stereocenters. The van der Waals surface area contributed by atoms with Crippen LogP contribution in [0.15, 0.2) is 79.1 Å². The third-order valence-electron chi connectivity index (χ3n) is 6.51. The minimum Gasteiger partial charge on any atom is -0.351 e. The maximum atomic E-state index is 13.6. The lowest BCUT2D eigenvalue weighted by Crippen LogP contribution is -2.44. The van der Waals surface area contributed by atoms with Crippen LogP contribution in [0.4, 0.5) is 0 Å². The van der Waals surface area contributed by atoms with Crippen molar-refractivity contribution < 1.29 is 4.79 Å². The first kappa shape index (κ1) is 20.5. The number of nitrogens with two attached hydrogens (primary N) is 1. The fraction of sp³-hybridized carbons (Fsp3) is 0.259.